The Morgan fingerprint density at radius 3 is 1.34 bits per heavy atom. The number of nitrogens with zero attached hydrogens (tertiary/aromatic N) is 2. The number of anilines is 3. The zero-order chi connectivity index (χ0) is 27.8. The summed E-state index contributed by atoms with van der Waals surface area (Å²) in [5.41, 5.74) is 0.438. The van der Waals surface area contributed by atoms with Gasteiger partial charge in [-0.15, -0.1) is 0 Å². The SMILES string of the molecule is CNc1cc(NC(=O)c2cc(OC)c(OC)c(OC)c2)nc(NC(=O)c2cc(OC)c(OC)c(OC)c2)n1. The van der Waals surface area contributed by atoms with Crippen molar-refractivity contribution >= 4 is 29.4 Å². The highest BCUT2D eigenvalue weighted by atomic mass is 16.5. The highest BCUT2D eigenvalue weighted by molar-refractivity contribution is 6.06. The van der Waals surface area contributed by atoms with Crippen LogP contribution in [0.2, 0.25) is 0 Å². The largest absolute Gasteiger partial charge is 0.493 e. The van der Waals surface area contributed by atoms with E-state index in [1.165, 1.54) is 73.0 Å². The molecule has 3 rings (SSSR count). The van der Waals surface area contributed by atoms with Crippen LogP contribution in [0.1, 0.15) is 20.7 Å². The minimum absolute atomic E-state index is 0.0595. The highest BCUT2D eigenvalue weighted by Gasteiger charge is 2.20. The second-order valence-corrected chi connectivity index (χ2v) is 7.45. The van der Waals surface area contributed by atoms with Gasteiger partial charge >= 0.3 is 0 Å². The molecule has 1 heterocycles. The van der Waals surface area contributed by atoms with Crippen molar-refractivity contribution in [2.45, 2.75) is 0 Å². The zero-order valence-electron chi connectivity index (χ0n) is 22.0. The monoisotopic (exact) mass is 527 g/mol. The third kappa shape index (κ3) is 5.88. The van der Waals surface area contributed by atoms with Gasteiger partial charge in [-0.1, -0.05) is 0 Å². The smallest absolute Gasteiger partial charge is 0.258 e. The summed E-state index contributed by atoms with van der Waals surface area (Å²) >= 11 is 0. The minimum atomic E-state index is -0.542. The van der Waals surface area contributed by atoms with E-state index in [0.29, 0.717) is 40.3 Å². The van der Waals surface area contributed by atoms with Gasteiger partial charge in [-0.25, -0.2) is 0 Å². The van der Waals surface area contributed by atoms with Crippen molar-refractivity contribution < 1.29 is 38.0 Å². The topological polar surface area (TPSA) is 151 Å². The van der Waals surface area contributed by atoms with Crippen LogP contribution in [0, 0.1) is 0 Å². The number of methoxy groups -OCH3 is 6. The van der Waals surface area contributed by atoms with Crippen LogP contribution < -0.4 is 44.4 Å². The highest BCUT2D eigenvalue weighted by Crippen LogP contribution is 2.39. The number of carbonyl (C=O) groups excluding carboxylic acids is 2. The number of carbonyl (C=O) groups is 2. The lowest BCUT2D eigenvalue weighted by atomic mass is 10.1. The van der Waals surface area contributed by atoms with Crippen molar-refractivity contribution in [3.63, 3.8) is 0 Å². The number of rotatable bonds is 11. The summed E-state index contributed by atoms with van der Waals surface area (Å²) in [6.07, 6.45) is 0. The molecule has 3 N–H and O–H groups in total. The van der Waals surface area contributed by atoms with E-state index in [0.717, 1.165) is 0 Å². The van der Waals surface area contributed by atoms with Gasteiger partial charge in [0.25, 0.3) is 11.8 Å². The van der Waals surface area contributed by atoms with Gasteiger partial charge < -0.3 is 39.1 Å². The second kappa shape index (κ2) is 12.3. The number of hydrogen-bond acceptors (Lipinski definition) is 11. The first-order chi connectivity index (χ1) is 18.3. The normalized spacial score (nSPS) is 10.2. The Morgan fingerprint density at radius 2 is 0.974 bits per heavy atom. The first kappa shape index (κ1) is 27.6. The molecule has 0 spiro atoms. The summed E-state index contributed by atoms with van der Waals surface area (Å²) in [6, 6.07) is 7.50. The average molecular weight is 528 g/mol. The van der Waals surface area contributed by atoms with Crippen molar-refractivity contribution in [1.82, 2.24) is 9.97 Å². The standard InChI is InChI=1S/C25H29N5O8/c1-26-19-12-20(27-23(31)13-8-15(33-2)21(37-6)16(9-13)34-3)29-25(28-19)30-24(32)14-10-17(35-4)22(38-7)18(11-14)36-5/h8-12H,1-7H3,(H3,26,27,28,29,30,31,32). The molecule has 2 amide bonds. The van der Waals surface area contributed by atoms with Crippen LogP contribution in [0.5, 0.6) is 34.5 Å². The number of nitrogens with one attached hydrogen (secondary N) is 3. The Labute approximate surface area is 219 Å². The van der Waals surface area contributed by atoms with Gasteiger partial charge in [0, 0.05) is 24.2 Å². The average Bonchev–Trinajstić information content (AvgIpc) is 2.94. The molecule has 0 aliphatic heterocycles. The molecule has 202 valence electrons. The summed E-state index contributed by atoms with van der Waals surface area (Å²) < 4.78 is 31.8. The van der Waals surface area contributed by atoms with Crippen LogP contribution in [-0.2, 0) is 0 Å². The van der Waals surface area contributed by atoms with E-state index >= 15 is 0 Å². The number of benzene rings is 2. The van der Waals surface area contributed by atoms with Gasteiger partial charge in [-0.2, -0.15) is 9.97 Å². The molecule has 2 aromatic carbocycles. The molecule has 1 aromatic heterocycles. The zero-order valence-corrected chi connectivity index (χ0v) is 22.0. The van der Waals surface area contributed by atoms with Gasteiger partial charge in [-0.05, 0) is 24.3 Å². The van der Waals surface area contributed by atoms with Crippen molar-refractivity contribution in [2.24, 2.45) is 0 Å². The molecule has 0 aliphatic rings. The van der Waals surface area contributed by atoms with Gasteiger partial charge in [0.15, 0.2) is 23.0 Å². The van der Waals surface area contributed by atoms with E-state index in [2.05, 4.69) is 25.9 Å². The fourth-order valence-corrected chi connectivity index (χ4v) is 3.48. The Bertz CT molecular complexity index is 1190. The Morgan fingerprint density at radius 1 is 0.579 bits per heavy atom. The number of ether oxygens (including phenoxy) is 6. The third-order valence-electron chi connectivity index (χ3n) is 5.30. The van der Waals surface area contributed by atoms with Gasteiger partial charge in [-0.3, -0.25) is 14.9 Å². The molecule has 13 nitrogen and oxygen atoms in total. The van der Waals surface area contributed by atoms with Crippen molar-refractivity contribution in [3.05, 3.63) is 41.5 Å². The molecule has 0 aliphatic carbocycles. The molecule has 0 atom stereocenters. The lowest BCUT2D eigenvalue weighted by molar-refractivity contribution is 0.101. The van der Waals surface area contributed by atoms with Gasteiger partial charge in [0.1, 0.15) is 11.6 Å². The maximum atomic E-state index is 13.0. The van der Waals surface area contributed by atoms with Gasteiger partial charge in [0.2, 0.25) is 17.4 Å². The predicted octanol–water partition coefficient (Wildman–Crippen LogP) is 3.07. The summed E-state index contributed by atoms with van der Waals surface area (Å²) in [5, 5.41) is 8.18. The molecule has 0 fully saturated rings. The summed E-state index contributed by atoms with van der Waals surface area (Å²) in [7, 11) is 10.4. The van der Waals surface area contributed by atoms with E-state index in [4.69, 9.17) is 28.4 Å². The fraction of sp³-hybridized carbons (Fsp3) is 0.280. The molecule has 0 saturated carbocycles. The molecule has 13 heteroatoms. The van der Waals surface area contributed by atoms with Crippen LogP contribution in [0.4, 0.5) is 17.6 Å². The molecule has 0 saturated heterocycles. The molecule has 3 aromatic rings. The van der Waals surface area contributed by atoms with E-state index in [1.54, 1.807) is 7.05 Å². The van der Waals surface area contributed by atoms with Crippen LogP contribution in [-0.4, -0.2) is 71.5 Å². The third-order valence-corrected chi connectivity index (χ3v) is 5.30. The van der Waals surface area contributed by atoms with E-state index in [-0.39, 0.29) is 22.9 Å². The maximum Gasteiger partial charge on any atom is 0.258 e. The predicted molar refractivity (Wildman–Crippen MR) is 140 cm³/mol. The Balaban J connectivity index is 1.90. The number of hydrogen-bond donors (Lipinski definition) is 3. The van der Waals surface area contributed by atoms with Crippen LogP contribution in [0.15, 0.2) is 30.3 Å². The second-order valence-electron chi connectivity index (χ2n) is 7.45. The van der Waals surface area contributed by atoms with E-state index in [1.807, 2.05) is 0 Å². The summed E-state index contributed by atoms with van der Waals surface area (Å²) in [5.74, 6) is 1.30. The van der Waals surface area contributed by atoms with Crippen molar-refractivity contribution in [1.29, 1.82) is 0 Å². The van der Waals surface area contributed by atoms with E-state index in [9.17, 15) is 9.59 Å². The summed E-state index contributed by atoms with van der Waals surface area (Å²) in [6.45, 7) is 0. The fourth-order valence-electron chi connectivity index (χ4n) is 3.48. The van der Waals surface area contributed by atoms with Gasteiger partial charge in [0.05, 0.1) is 42.7 Å². The first-order valence-electron chi connectivity index (χ1n) is 11.1. The Kier molecular flexibility index (Phi) is 8.98. The quantitative estimate of drug-likeness (QED) is 0.337. The Hall–Kier alpha value is -4.94. The lowest BCUT2D eigenvalue weighted by Crippen LogP contribution is -2.18. The van der Waals surface area contributed by atoms with Crippen LogP contribution in [0.25, 0.3) is 0 Å². The lowest BCUT2D eigenvalue weighted by Gasteiger charge is -2.15. The van der Waals surface area contributed by atoms with Crippen LogP contribution in [0.3, 0.4) is 0 Å². The van der Waals surface area contributed by atoms with E-state index < -0.39 is 11.8 Å². The minimum Gasteiger partial charge on any atom is -0.493 e. The molecular weight excluding hydrogens is 498 g/mol. The summed E-state index contributed by atoms with van der Waals surface area (Å²) in [4.78, 5) is 34.6. The molecule has 0 radical (unpaired) electrons. The number of amides is 2. The molecule has 0 unspecified atom stereocenters. The van der Waals surface area contributed by atoms with Crippen LogP contribution >= 0.6 is 0 Å². The first-order valence-corrected chi connectivity index (χ1v) is 11.1. The maximum absolute atomic E-state index is 13.0. The molecule has 0 bridgehead atoms. The molecular formula is C25H29N5O8. The number of aromatic nitrogens is 2. The van der Waals surface area contributed by atoms with Crippen molar-refractivity contribution in [2.75, 3.05) is 65.7 Å². The molecule has 38 heavy (non-hydrogen) atoms. The van der Waals surface area contributed by atoms with Crippen molar-refractivity contribution in [3.8, 4) is 34.5 Å².